The number of benzene rings is 2. The molecule has 2 aromatic heterocycles. The van der Waals surface area contributed by atoms with Crippen LogP contribution in [0, 0.1) is 6.92 Å². The molecule has 0 atom stereocenters. The predicted octanol–water partition coefficient (Wildman–Crippen LogP) is 4.26. The minimum atomic E-state index is -0.103. The van der Waals surface area contributed by atoms with E-state index in [1.165, 1.54) is 12.8 Å². The molecule has 1 aliphatic heterocycles. The topological polar surface area (TPSA) is 63.1 Å². The number of nitrogens with zero attached hydrogens (tertiary/aromatic N) is 4. The SMILES string of the molecule is Cc1nc2cc(C(=O)NCc3ccnc(N4CCCC4)c3)ccc2n1-c1ccccc1. The lowest BCUT2D eigenvalue weighted by Gasteiger charge is -2.17. The third-order valence-corrected chi connectivity index (χ3v) is 5.79. The van der Waals surface area contributed by atoms with Crippen molar-refractivity contribution in [1.29, 1.82) is 0 Å². The first-order valence-corrected chi connectivity index (χ1v) is 10.7. The van der Waals surface area contributed by atoms with Gasteiger partial charge in [0.05, 0.1) is 11.0 Å². The number of rotatable bonds is 5. The largest absolute Gasteiger partial charge is 0.357 e. The first-order valence-electron chi connectivity index (χ1n) is 10.7. The average molecular weight is 412 g/mol. The molecule has 31 heavy (non-hydrogen) atoms. The molecule has 3 heterocycles. The van der Waals surface area contributed by atoms with Gasteiger partial charge in [-0.05, 0) is 67.8 Å². The summed E-state index contributed by atoms with van der Waals surface area (Å²) in [6, 6.07) is 19.8. The molecule has 1 saturated heterocycles. The maximum Gasteiger partial charge on any atom is 0.251 e. The van der Waals surface area contributed by atoms with E-state index < -0.39 is 0 Å². The highest BCUT2D eigenvalue weighted by Gasteiger charge is 2.15. The summed E-state index contributed by atoms with van der Waals surface area (Å²) in [6.45, 7) is 4.56. The molecule has 0 unspecified atom stereocenters. The van der Waals surface area contributed by atoms with Gasteiger partial charge in [0.15, 0.2) is 0 Å². The monoisotopic (exact) mass is 411 g/mol. The molecule has 0 saturated carbocycles. The quantitative estimate of drug-likeness (QED) is 0.533. The molecule has 1 aliphatic rings. The number of pyridine rings is 1. The second-order valence-corrected chi connectivity index (χ2v) is 7.93. The van der Waals surface area contributed by atoms with Crippen LogP contribution in [0.3, 0.4) is 0 Å². The highest BCUT2D eigenvalue weighted by atomic mass is 16.1. The maximum absolute atomic E-state index is 12.8. The zero-order chi connectivity index (χ0) is 21.2. The number of anilines is 1. The Balaban J connectivity index is 1.33. The molecule has 156 valence electrons. The zero-order valence-electron chi connectivity index (χ0n) is 17.6. The Morgan fingerprint density at radius 2 is 1.84 bits per heavy atom. The molecule has 0 radical (unpaired) electrons. The van der Waals surface area contributed by atoms with Crippen molar-refractivity contribution in [3.63, 3.8) is 0 Å². The second-order valence-electron chi connectivity index (χ2n) is 7.93. The van der Waals surface area contributed by atoms with Crippen molar-refractivity contribution in [2.45, 2.75) is 26.3 Å². The van der Waals surface area contributed by atoms with Crippen LogP contribution in [-0.2, 0) is 6.54 Å². The third-order valence-electron chi connectivity index (χ3n) is 5.79. The molecule has 0 spiro atoms. The lowest BCUT2D eigenvalue weighted by molar-refractivity contribution is 0.0951. The van der Waals surface area contributed by atoms with E-state index in [2.05, 4.69) is 43.0 Å². The van der Waals surface area contributed by atoms with Crippen molar-refractivity contribution in [3.05, 3.63) is 83.8 Å². The predicted molar refractivity (Wildman–Crippen MR) is 123 cm³/mol. The number of carbonyl (C=O) groups is 1. The molecular weight excluding hydrogens is 386 g/mol. The molecule has 2 aromatic carbocycles. The van der Waals surface area contributed by atoms with Crippen LogP contribution in [0.2, 0.25) is 0 Å². The fourth-order valence-corrected chi connectivity index (χ4v) is 4.22. The van der Waals surface area contributed by atoms with Gasteiger partial charge in [-0.2, -0.15) is 0 Å². The molecule has 6 heteroatoms. The maximum atomic E-state index is 12.8. The van der Waals surface area contributed by atoms with Crippen LogP contribution < -0.4 is 10.2 Å². The van der Waals surface area contributed by atoms with Gasteiger partial charge in [-0.15, -0.1) is 0 Å². The van der Waals surface area contributed by atoms with Crippen LogP contribution in [-0.4, -0.2) is 33.5 Å². The molecule has 1 N–H and O–H groups in total. The number of para-hydroxylation sites is 1. The van der Waals surface area contributed by atoms with E-state index in [9.17, 15) is 4.79 Å². The summed E-state index contributed by atoms with van der Waals surface area (Å²) >= 11 is 0. The van der Waals surface area contributed by atoms with Crippen LogP contribution in [0.5, 0.6) is 0 Å². The van der Waals surface area contributed by atoms with Crippen molar-refractivity contribution in [1.82, 2.24) is 19.9 Å². The van der Waals surface area contributed by atoms with Crippen molar-refractivity contribution in [3.8, 4) is 5.69 Å². The van der Waals surface area contributed by atoms with Gasteiger partial charge in [0, 0.05) is 37.1 Å². The fourth-order valence-electron chi connectivity index (χ4n) is 4.22. The van der Waals surface area contributed by atoms with Gasteiger partial charge in [-0.25, -0.2) is 9.97 Å². The first-order chi connectivity index (χ1) is 15.2. The van der Waals surface area contributed by atoms with Crippen molar-refractivity contribution < 1.29 is 4.79 Å². The van der Waals surface area contributed by atoms with Crippen LogP contribution in [0.1, 0.15) is 34.6 Å². The van der Waals surface area contributed by atoms with Crippen molar-refractivity contribution in [2.24, 2.45) is 0 Å². The minimum absolute atomic E-state index is 0.103. The normalized spacial score (nSPS) is 13.6. The Bertz CT molecular complexity index is 1230. The summed E-state index contributed by atoms with van der Waals surface area (Å²) in [5.74, 6) is 1.78. The number of carbonyl (C=O) groups excluding carboxylic acids is 1. The van der Waals surface area contributed by atoms with Gasteiger partial charge in [-0.1, -0.05) is 18.2 Å². The van der Waals surface area contributed by atoms with Crippen LogP contribution >= 0.6 is 0 Å². The number of imidazole rings is 1. The Morgan fingerprint density at radius 1 is 1.03 bits per heavy atom. The highest BCUT2D eigenvalue weighted by Crippen LogP contribution is 2.23. The molecule has 1 fully saturated rings. The number of aromatic nitrogens is 3. The van der Waals surface area contributed by atoms with Gasteiger partial charge < -0.3 is 10.2 Å². The molecule has 5 rings (SSSR count). The van der Waals surface area contributed by atoms with Gasteiger partial charge in [-0.3, -0.25) is 9.36 Å². The number of hydrogen-bond donors (Lipinski definition) is 1. The van der Waals surface area contributed by atoms with E-state index in [4.69, 9.17) is 0 Å². The number of fused-ring (bicyclic) bond motifs is 1. The second kappa shape index (κ2) is 8.22. The van der Waals surface area contributed by atoms with E-state index in [1.807, 2.05) is 55.6 Å². The van der Waals surface area contributed by atoms with Gasteiger partial charge in [0.25, 0.3) is 5.91 Å². The van der Waals surface area contributed by atoms with Gasteiger partial charge in [0.2, 0.25) is 0 Å². The van der Waals surface area contributed by atoms with E-state index >= 15 is 0 Å². The zero-order valence-corrected chi connectivity index (χ0v) is 17.6. The number of hydrogen-bond acceptors (Lipinski definition) is 4. The summed E-state index contributed by atoms with van der Waals surface area (Å²) in [5.41, 5.74) is 4.53. The smallest absolute Gasteiger partial charge is 0.251 e. The van der Waals surface area contributed by atoms with E-state index in [-0.39, 0.29) is 5.91 Å². The van der Waals surface area contributed by atoms with Gasteiger partial charge >= 0.3 is 0 Å². The summed E-state index contributed by atoms with van der Waals surface area (Å²) in [5, 5.41) is 3.03. The summed E-state index contributed by atoms with van der Waals surface area (Å²) in [4.78, 5) is 24.2. The van der Waals surface area contributed by atoms with Crippen molar-refractivity contribution in [2.75, 3.05) is 18.0 Å². The summed E-state index contributed by atoms with van der Waals surface area (Å²) in [7, 11) is 0. The van der Waals surface area contributed by atoms with E-state index in [0.717, 1.165) is 47.0 Å². The van der Waals surface area contributed by atoms with E-state index in [1.54, 1.807) is 0 Å². The fraction of sp³-hybridized carbons (Fsp3) is 0.240. The lowest BCUT2D eigenvalue weighted by atomic mass is 10.1. The van der Waals surface area contributed by atoms with E-state index in [0.29, 0.717) is 12.1 Å². The highest BCUT2D eigenvalue weighted by molar-refractivity contribution is 5.97. The number of nitrogens with one attached hydrogen (secondary N) is 1. The molecule has 0 aliphatic carbocycles. The van der Waals surface area contributed by atoms with Gasteiger partial charge in [0.1, 0.15) is 11.6 Å². The van der Waals surface area contributed by atoms with Crippen LogP contribution in [0.25, 0.3) is 16.7 Å². The summed E-state index contributed by atoms with van der Waals surface area (Å²) in [6.07, 6.45) is 4.25. The Hall–Kier alpha value is -3.67. The molecule has 4 aromatic rings. The number of amides is 1. The average Bonchev–Trinajstić information content (AvgIpc) is 3.45. The molecule has 0 bridgehead atoms. The van der Waals surface area contributed by atoms with Crippen molar-refractivity contribution >= 4 is 22.8 Å². The minimum Gasteiger partial charge on any atom is -0.357 e. The third kappa shape index (κ3) is 3.89. The molecular formula is C25H25N5O. The Labute approximate surface area is 181 Å². The lowest BCUT2D eigenvalue weighted by Crippen LogP contribution is -2.23. The summed E-state index contributed by atoms with van der Waals surface area (Å²) < 4.78 is 2.11. The Kier molecular flexibility index (Phi) is 5.12. The standard InChI is InChI=1S/C25H25N5O/c1-18-28-22-16-20(9-10-23(22)30(18)21-7-3-2-4-8-21)25(31)27-17-19-11-12-26-24(15-19)29-13-5-6-14-29/h2-4,7-12,15-16H,5-6,13-14,17H2,1H3,(H,27,31). The first kappa shape index (κ1) is 19.3. The molecule has 6 nitrogen and oxygen atoms in total. The number of aryl methyl sites for hydroxylation is 1. The Morgan fingerprint density at radius 3 is 2.65 bits per heavy atom. The van der Waals surface area contributed by atoms with Crippen LogP contribution in [0.4, 0.5) is 5.82 Å². The molecule has 1 amide bonds. The van der Waals surface area contributed by atoms with Crippen LogP contribution in [0.15, 0.2) is 66.9 Å².